The molecule has 0 bridgehead atoms. The molecule has 21 heavy (non-hydrogen) atoms. The molecule has 2 aromatic rings. The van der Waals surface area contributed by atoms with Gasteiger partial charge in [0.25, 0.3) is 0 Å². The summed E-state index contributed by atoms with van der Waals surface area (Å²) in [5.41, 5.74) is 0.686. The van der Waals surface area contributed by atoms with Gasteiger partial charge in [0.15, 0.2) is 0 Å². The van der Waals surface area contributed by atoms with E-state index < -0.39 is 22.2 Å². The number of halogens is 2. The van der Waals surface area contributed by atoms with Crippen LogP contribution in [-0.2, 0) is 7.05 Å². The van der Waals surface area contributed by atoms with Crippen molar-refractivity contribution in [2.75, 3.05) is 5.32 Å². The lowest BCUT2D eigenvalue weighted by Crippen LogP contribution is -2.09. The van der Waals surface area contributed by atoms with Gasteiger partial charge in [0.1, 0.15) is 5.82 Å². The highest BCUT2D eigenvalue weighted by molar-refractivity contribution is 5.54. The second-order valence-electron chi connectivity index (χ2n) is 4.75. The van der Waals surface area contributed by atoms with Crippen LogP contribution in [0.3, 0.4) is 0 Å². The maximum Gasteiger partial charge on any atom is 0.307 e. The molecule has 0 radical (unpaired) electrons. The first-order chi connectivity index (χ1) is 9.79. The van der Waals surface area contributed by atoms with E-state index in [0.717, 1.165) is 17.3 Å². The van der Waals surface area contributed by atoms with Crippen molar-refractivity contribution < 1.29 is 13.7 Å². The van der Waals surface area contributed by atoms with Crippen molar-refractivity contribution >= 4 is 11.4 Å². The molecule has 0 aliphatic carbocycles. The number of nitrogens with one attached hydrogen (secondary N) is 1. The van der Waals surface area contributed by atoms with Gasteiger partial charge in [-0.05, 0) is 13.8 Å². The number of aryl methyl sites for hydroxylation is 2. The topological polar surface area (TPSA) is 73.0 Å². The molecule has 0 fully saturated rings. The van der Waals surface area contributed by atoms with Crippen LogP contribution >= 0.6 is 0 Å². The van der Waals surface area contributed by atoms with E-state index in [2.05, 4.69) is 10.4 Å². The van der Waals surface area contributed by atoms with Gasteiger partial charge in [-0.1, -0.05) is 0 Å². The zero-order valence-corrected chi connectivity index (χ0v) is 11.7. The quantitative estimate of drug-likeness (QED) is 0.695. The lowest BCUT2D eigenvalue weighted by molar-refractivity contribution is -0.387. The first-order valence-corrected chi connectivity index (χ1v) is 6.19. The zero-order chi connectivity index (χ0) is 15.7. The Kier molecular flexibility index (Phi) is 3.88. The number of anilines is 1. The van der Waals surface area contributed by atoms with Gasteiger partial charge in [-0.2, -0.15) is 9.49 Å². The van der Waals surface area contributed by atoms with E-state index in [1.54, 1.807) is 31.8 Å². The van der Waals surface area contributed by atoms with Gasteiger partial charge in [0, 0.05) is 30.9 Å². The molecule has 2 rings (SSSR count). The largest absolute Gasteiger partial charge is 0.376 e. The first-order valence-electron chi connectivity index (χ1n) is 6.19. The summed E-state index contributed by atoms with van der Waals surface area (Å²) in [6.07, 6.45) is 1.77. The minimum Gasteiger partial charge on any atom is -0.376 e. The molecule has 0 amide bonds. The summed E-state index contributed by atoms with van der Waals surface area (Å²) in [4.78, 5) is 9.81. The van der Waals surface area contributed by atoms with Gasteiger partial charge in [-0.25, -0.2) is 4.39 Å². The van der Waals surface area contributed by atoms with Crippen LogP contribution in [0, 0.1) is 28.7 Å². The number of benzene rings is 1. The molecule has 0 aliphatic heterocycles. The normalized spacial score (nSPS) is 12.2. The second kappa shape index (κ2) is 5.47. The fourth-order valence-electron chi connectivity index (χ4n) is 2.14. The number of nitrogens with zero attached hydrogens (tertiary/aromatic N) is 3. The van der Waals surface area contributed by atoms with Crippen molar-refractivity contribution in [3.8, 4) is 0 Å². The number of nitro groups is 1. The van der Waals surface area contributed by atoms with Crippen LogP contribution in [0.5, 0.6) is 0 Å². The SMILES string of the molecule is Cc1nn(C)cc1C(C)Nc1cc([N+](=O)[O-])c(F)cc1F. The predicted octanol–water partition coefficient (Wildman–Crippen LogP) is 3.09. The molecule has 0 aliphatic rings. The standard InChI is InChI=1S/C13H14F2N4O2/c1-7(9-6-18(3)17-8(9)2)16-12-5-13(19(20)21)11(15)4-10(12)14/h4-7,16H,1-3H3. The Morgan fingerprint density at radius 1 is 1.38 bits per heavy atom. The van der Waals surface area contributed by atoms with E-state index in [4.69, 9.17) is 0 Å². The minimum atomic E-state index is -1.20. The molecule has 1 heterocycles. The third-order valence-corrected chi connectivity index (χ3v) is 3.12. The molecule has 1 atom stereocenters. The average molecular weight is 296 g/mol. The molecular weight excluding hydrogens is 282 g/mol. The lowest BCUT2D eigenvalue weighted by Gasteiger charge is -2.15. The van der Waals surface area contributed by atoms with Gasteiger partial charge in [-0.3, -0.25) is 14.8 Å². The monoisotopic (exact) mass is 296 g/mol. The highest BCUT2D eigenvalue weighted by Gasteiger charge is 2.20. The van der Waals surface area contributed by atoms with Crippen molar-refractivity contribution in [1.29, 1.82) is 0 Å². The number of hydrogen-bond donors (Lipinski definition) is 1. The van der Waals surface area contributed by atoms with Crippen LogP contribution in [0.25, 0.3) is 0 Å². The molecule has 0 saturated carbocycles. The molecule has 0 spiro atoms. The summed E-state index contributed by atoms with van der Waals surface area (Å²) in [5, 5.41) is 17.7. The van der Waals surface area contributed by atoms with Crippen LogP contribution in [0.2, 0.25) is 0 Å². The van der Waals surface area contributed by atoms with E-state index >= 15 is 0 Å². The average Bonchev–Trinajstić information content (AvgIpc) is 2.71. The van der Waals surface area contributed by atoms with Crippen molar-refractivity contribution in [2.45, 2.75) is 19.9 Å². The van der Waals surface area contributed by atoms with Crippen molar-refractivity contribution in [1.82, 2.24) is 9.78 Å². The summed E-state index contributed by atoms with van der Waals surface area (Å²) in [6.45, 7) is 3.57. The molecule has 1 unspecified atom stereocenters. The molecule has 0 saturated heterocycles. The Morgan fingerprint density at radius 2 is 2.05 bits per heavy atom. The van der Waals surface area contributed by atoms with E-state index in [0.29, 0.717) is 6.07 Å². The second-order valence-corrected chi connectivity index (χ2v) is 4.75. The van der Waals surface area contributed by atoms with Crippen LogP contribution in [0.4, 0.5) is 20.2 Å². The third kappa shape index (κ3) is 2.99. The van der Waals surface area contributed by atoms with Crippen molar-refractivity contribution in [2.24, 2.45) is 7.05 Å². The van der Waals surface area contributed by atoms with Gasteiger partial charge in [0.05, 0.1) is 22.3 Å². The van der Waals surface area contributed by atoms with E-state index in [1.165, 1.54) is 0 Å². The summed E-state index contributed by atoms with van der Waals surface area (Å²) < 4.78 is 28.6. The van der Waals surface area contributed by atoms with Crippen LogP contribution < -0.4 is 5.32 Å². The number of rotatable bonds is 4. The van der Waals surface area contributed by atoms with Crippen LogP contribution in [0.1, 0.15) is 24.2 Å². The predicted molar refractivity (Wildman–Crippen MR) is 73.0 cm³/mol. The highest BCUT2D eigenvalue weighted by Crippen LogP contribution is 2.28. The fraction of sp³-hybridized carbons (Fsp3) is 0.308. The molecule has 8 heteroatoms. The Labute approximate surface area is 119 Å². The van der Waals surface area contributed by atoms with E-state index in [1.807, 2.05) is 0 Å². The van der Waals surface area contributed by atoms with Crippen molar-refractivity contribution in [3.63, 3.8) is 0 Å². The molecular formula is C13H14F2N4O2. The van der Waals surface area contributed by atoms with Gasteiger partial charge in [0.2, 0.25) is 5.82 Å². The summed E-state index contributed by atoms with van der Waals surface area (Å²) in [6, 6.07) is 1.02. The number of nitro benzene ring substituents is 1. The smallest absolute Gasteiger partial charge is 0.307 e. The minimum absolute atomic E-state index is 0.126. The maximum atomic E-state index is 13.7. The van der Waals surface area contributed by atoms with E-state index in [-0.39, 0.29) is 11.7 Å². The Balaban J connectivity index is 2.33. The molecule has 112 valence electrons. The molecule has 1 aromatic carbocycles. The molecule has 1 aromatic heterocycles. The van der Waals surface area contributed by atoms with E-state index in [9.17, 15) is 18.9 Å². The number of aromatic nitrogens is 2. The lowest BCUT2D eigenvalue weighted by atomic mass is 10.1. The zero-order valence-electron chi connectivity index (χ0n) is 11.7. The van der Waals surface area contributed by atoms with Gasteiger partial charge < -0.3 is 5.32 Å². The molecule has 6 nitrogen and oxygen atoms in total. The van der Waals surface area contributed by atoms with Crippen LogP contribution in [0.15, 0.2) is 18.3 Å². The maximum absolute atomic E-state index is 13.7. The highest BCUT2D eigenvalue weighted by atomic mass is 19.1. The fourth-order valence-corrected chi connectivity index (χ4v) is 2.14. The van der Waals surface area contributed by atoms with Gasteiger partial charge >= 0.3 is 5.69 Å². The third-order valence-electron chi connectivity index (χ3n) is 3.12. The number of hydrogen-bond acceptors (Lipinski definition) is 4. The van der Waals surface area contributed by atoms with Gasteiger partial charge in [-0.15, -0.1) is 0 Å². The summed E-state index contributed by atoms with van der Waals surface area (Å²) in [5.74, 6) is -2.08. The summed E-state index contributed by atoms with van der Waals surface area (Å²) in [7, 11) is 1.76. The Morgan fingerprint density at radius 3 is 2.57 bits per heavy atom. The van der Waals surface area contributed by atoms with Crippen molar-refractivity contribution in [3.05, 3.63) is 51.3 Å². The Bertz CT molecular complexity index is 700. The summed E-state index contributed by atoms with van der Waals surface area (Å²) >= 11 is 0. The Hall–Kier alpha value is -2.51. The molecule has 1 N–H and O–H groups in total. The first kappa shape index (κ1) is 14.9. The van der Waals surface area contributed by atoms with Crippen LogP contribution in [-0.4, -0.2) is 14.7 Å².